The van der Waals surface area contributed by atoms with Gasteiger partial charge in [0.2, 0.25) is 0 Å². The van der Waals surface area contributed by atoms with Crippen LogP contribution < -0.4 is 10.9 Å². The van der Waals surface area contributed by atoms with Gasteiger partial charge in [-0.2, -0.15) is 0 Å². The minimum Gasteiger partial charge on any atom is -0.383 e. The van der Waals surface area contributed by atoms with E-state index in [1.54, 1.807) is 6.07 Å². The maximum absolute atomic E-state index is 15.2. The van der Waals surface area contributed by atoms with Gasteiger partial charge in [0.25, 0.3) is 5.91 Å². The summed E-state index contributed by atoms with van der Waals surface area (Å²) in [6, 6.07) is 3.82. The van der Waals surface area contributed by atoms with Crippen LogP contribution in [0.3, 0.4) is 0 Å². The number of hydrogen-bond donors (Lipinski definition) is 3. The van der Waals surface area contributed by atoms with Crippen LogP contribution in [0, 0.1) is 17.8 Å². The number of nitrogens with two attached hydrogens (primary N) is 2. The van der Waals surface area contributed by atoms with Gasteiger partial charge in [0.15, 0.2) is 9.92 Å². The quantitative estimate of drug-likeness (QED) is 0.430. The Kier molecular flexibility index (Phi) is 7.83. The minimum absolute atomic E-state index is 0.0349. The third-order valence-corrected chi connectivity index (χ3v) is 7.94. The molecule has 1 unspecified atom stereocenters. The third kappa shape index (κ3) is 5.72. The molecule has 1 aromatic carbocycles. The van der Waals surface area contributed by atoms with E-state index in [1.165, 1.54) is 20.0 Å². The molecule has 2 rings (SSSR count). The second kappa shape index (κ2) is 9.67. The van der Waals surface area contributed by atoms with E-state index in [2.05, 4.69) is 21.3 Å². The molecule has 1 amide bonds. The summed E-state index contributed by atoms with van der Waals surface area (Å²) in [7, 11) is -3.57. The van der Waals surface area contributed by atoms with Crippen LogP contribution in [-0.4, -0.2) is 20.2 Å². The van der Waals surface area contributed by atoms with Crippen LogP contribution in [0.4, 0.5) is 4.39 Å². The van der Waals surface area contributed by atoms with E-state index in [-0.39, 0.29) is 28.0 Å². The largest absolute Gasteiger partial charge is 0.383 e. The number of aromatic nitrogens is 1. The number of hydrogen-bond acceptors (Lipinski definition) is 6. The molecule has 0 saturated carbocycles. The molecule has 10 heteroatoms. The van der Waals surface area contributed by atoms with Crippen LogP contribution in [-0.2, 0) is 26.7 Å². The first-order chi connectivity index (χ1) is 14.7. The maximum Gasteiger partial charge on any atom is 0.259 e. The number of carbonyl (C=O) groups excluding carboxylic acids is 1. The second-order valence-electron chi connectivity index (χ2n) is 8.57. The summed E-state index contributed by atoms with van der Waals surface area (Å²) in [4.78, 5) is 16.8. The smallest absolute Gasteiger partial charge is 0.259 e. The Balaban J connectivity index is 2.56. The minimum atomic E-state index is -3.57. The molecule has 0 spiro atoms. The van der Waals surface area contributed by atoms with E-state index in [9.17, 15) is 14.1 Å². The summed E-state index contributed by atoms with van der Waals surface area (Å²) in [6.07, 6.45) is 0.982. The lowest BCUT2D eigenvalue weighted by Crippen LogP contribution is -2.17. The van der Waals surface area contributed by atoms with Crippen LogP contribution in [0.1, 0.15) is 80.6 Å². The Hall–Kier alpha value is -2.32. The molecular formula is C22H29FN4O3S2. The fourth-order valence-electron chi connectivity index (χ4n) is 3.28. The Morgan fingerprint density at radius 3 is 2.44 bits per heavy atom. The van der Waals surface area contributed by atoms with E-state index < -0.39 is 27.2 Å². The second-order valence-corrected chi connectivity index (χ2v) is 11.6. The van der Waals surface area contributed by atoms with Gasteiger partial charge >= 0.3 is 0 Å². The lowest BCUT2D eigenvalue weighted by atomic mass is 9.84. The van der Waals surface area contributed by atoms with E-state index >= 15 is 4.39 Å². The van der Waals surface area contributed by atoms with E-state index in [1.807, 2.05) is 27.7 Å². The summed E-state index contributed by atoms with van der Waals surface area (Å²) in [5, 5.41) is 16.2. The summed E-state index contributed by atoms with van der Waals surface area (Å²) in [6.45, 7) is 10.5. The first-order valence-corrected chi connectivity index (χ1v) is 12.4. The number of amides is 1. The Morgan fingerprint density at radius 1 is 1.34 bits per heavy atom. The fraction of sp³-hybridized carbons (Fsp3) is 0.455. The van der Waals surface area contributed by atoms with Crippen LogP contribution in [0.2, 0.25) is 0 Å². The van der Waals surface area contributed by atoms with Crippen molar-refractivity contribution in [2.75, 3.05) is 0 Å². The highest BCUT2D eigenvalue weighted by atomic mass is 32.2. The fourth-order valence-corrected chi connectivity index (χ4v) is 5.42. The highest BCUT2D eigenvalue weighted by molar-refractivity contribution is 7.93. The third-order valence-electron chi connectivity index (χ3n) is 4.71. The van der Waals surface area contributed by atoms with Gasteiger partial charge < -0.3 is 10.8 Å². The molecular weight excluding hydrogens is 451 g/mol. The molecule has 32 heavy (non-hydrogen) atoms. The number of rotatable bonds is 6. The standard InChI is InChI=1S/C22H29FN4O3S2/c1-12(2)15-9-14(7-8-24)20(23)19(13(3)4)16(15)10-17(28)27-32(25,30)18-11-26-21(31-18)22(5,6)29/h9,11-13,29H,10,24H2,1-6H3,(H2,25,27,28,30). The van der Waals surface area contributed by atoms with Crippen molar-refractivity contribution < 1.29 is 18.5 Å². The molecule has 1 aromatic heterocycles. The van der Waals surface area contributed by atoms with Gasteiger partial charge in [-0.25, -0.2) is 18.7 Å². The number of carbonyl (C=O) groups is 1. The van der Waals surface area contributed by atoms with Crippen molar-refractivity contribution in [2.24, 2.45) is 15.2 Å². The topological polar surface area (TPSA) is 132 Å². The van der Waals surface area contributed by atoms with Gasteiger partial charge in [0, 0.05) is 6.04 Å². The van der Waals surface area contributed by atoms with Crippen molar-refractivity contribution in [3.8, 4) is 12.0 Å². The van der Waals surface area contributed by atoms with Crippen molar-refractivity contribution >= 4 is 27.2 Å². The lowest BCUT2D eigenvalue weighted by molar-refractivity contribution is -0.117. The van der Waals surface area contributed by atoms with E-state index in [0.29, 0.717) is 16.1 Å². The molecule has 174 valence electrons. The van der Waals surface area contributed by atoms with Crippen molar-refractivity contribution in [1.82, 2.24) is 4.98 Å². The number of aliphatic hydroxyl groups is 1. The van der Waals surface area contributed by atoms with Crippen LogP contribution in [0.5, 0.6) is 0 Å². The molecule has 0 aliphatic carbocycles. The van der Waals surface area contributed by atoms with Crippen molar-refractivity contribution in [1.29, 1.82) is 0 Å². The predicted octanol–water partition coefficient (Wildman–Crippen LogP) is 3.49. The van der Waals surface area contributed by atoms with Crippen LogP contribution in [0.15, 0.2) is 20.8 Å². The molecule has 1 atom stereocenters. The van der Waals surface area contributed by atoms with Crippen LogP contribution in [0.25, 0.3) is 0 Å². The molecule has 0 fully saturated rings. The maximum atomic E-state index is 15.2. The first-order valence-electron chi connectivity index (χ1n) is 10.0. The summed E-state index contributed by atoms with van der Waals surface area (Å²) in [5.74, 6) is 1.03. The molecule has 2 aromatic rings. The number of benzene rings is 1. The monoisotopic (exact) mass is 480 g/mol. The summed E-state index contributed by atoms with van der Waals surface area (Å²) >= 11 is 0.926. The van der Waals surface area contributed by atoms with Gasteiger partial charge in [-0.05, 0) is 54.4 Å². The normalized spacial score (nSPS) is 13.6. The summed E-state index contributed by atoms with van der Waals surface area (Å²) in [5.41, 5.74) is 5.79. The predicted molar refractivity (Wildman–Crippen MR) is 125 cm³/mol. The molecule has 0 aliphatic rings. The molecule has 0 aliphatic heterocycles. The Morgan fingerprint density at radius 2 is 1.97 bits per heavy atom. The number of halogens is 1. The van der Waals surface area contributed by atoms with Crippen molar-refractivity contribution in [3.05, 3.63) is 45.3 Å². The lowest BCUT2D eigenvalue weighted by Gasteiger charge is -2.21. The van der Waals surface area contributed by atoms with Crippen molar-refractivity contribution in [2.45, 2.75) is 69.6 Å². The molecule has 0 radical (unpaired) electrons. The van der Waals surface area contributed by atoms with Crippen LogP contribution >= 0.6 is 11.3 Å². The number of thiazole rings is 1. The molecule has 7 nitrogen and oxygen atoms in total. The van der Waals surface area contributed by atoms with E-state index in [4.69, 9.17) is 10.9 Å². The van der Waals surface area contributed by atoms with Gasteiger partial charge in [-0.15, -0.1) is 15.7 Å². The van der Waals surface area contributed by atoms with Crippen molar-refractivity contribution in [3.63, 3.8) is 0 Å². The SMILES string of the molecule is CC(C)c1cc(C#CN)c(F)c(C(C)C)c1CC(=O)N=S(N)(=O)c1cnc(C(C)(C)O)s1. The van der Waals surface area contributed by atoms with Gasteiger partial charge in [-0.1, -0.05) is 27.7 Å². The molecule has 1 heterocycles. The van der Waals surface area contributed by atoms with E-state index in [0.717, 1.165) is 16.9 Å². The zero-order valence-corrected chi connectivity index (χ0v) is 20.7. The summed E-state index contributed by atoms with van der Waals surface area (Å²) < 4.78 is 31.9. The zero-order valence-electron chi connectivity index (χ0n) is 19.0. The van der Waals surface area contributed by atoms with Gasteiger partial charge in [-0.3, -0.25) is 4.79 Å². The number of nitrogens with zero attached hydrogens (tertiary/aromatic N) is 2. The highest BCUT2D eigenvalue weighted by Crippen LogP contribution is 2.33. The molecule has 0 bridgehead atoms. The Bertz CT molecular complexity index is 1210. The average molecular weight is 481 g/mol. The Labute approximate surface area is 192 Å². The molecule has 5 N–H and O–H groups in total. The highest BCUT2D eigenvalue weighted by Gasteiger charge is 2.25. The molecule has 0 saturated heterocycles. The zero-order chi connectivity index (χ0) is 24.4. The van der Waals surface area contributed by atoms with Gasteiger partial charge in [0.1, 0.15) is 20.6 Å². The first kappa shape index (κ1) is 25.9. The van der Waals surface area contributed by atoms with Gasteiger partial charge in [0.05, 0.1) is 18.2 Å². The average Bonchev–Trinajstić information content (AvgIpc) is 3.14.